The zero-order valence-corrected chi connectivity index (χ0v) is 13.0. The predicted molar refractivity (Wildman–Crippen MR) is 83.9 cm³/mol. The van der Waals surface area contributed by atoms with E-state index in [1.54, 1.807) is 0 Å². The average Bonchev–Trinajstić information content (AvgIpc) is 2.43. The molecule has 1 aromatic rings. The van der Waals surface area contributed by atoms with Crippen LogP contribution in [0, 0.1) is 6.92 Å². The van der Waals surface area contributed by atoms with Crippen molar-refractivity contribution in [3.05, 3.63) is 35.4 Å². The van der Waals surface area contributed by atoms with Crippen LogP contribution in [0.4, 0.5) is 0 Å². The molecule has 0 spiro atoms. The van der Waals surface area contributed by atoms with E-state index >= 15 is 0 Å². The van der Waals surface area contributed by atoms with Crippen molar-refractivity contribution >= 4 is 11.8 Å². The minimum Gasteiger partial charge on any atom is -0.381 e. The molecule has 0 amide bonds. The van der Waals surface area contributed by atoms with E-state index in [1.807, 2.05) is 0 Å². The highest BCUT2D eigenvalue weighted by Gasteiger charge is 2.23. The fourth-order valence-electron chi connectivity index (χ4n) is 2.64. The Hall–Kier alpha value is -0.510. The largest absolute Gasteiger partial charge is 0.381 e. The molecule has 1 aromatic carbocycles. The molecule has 2 atom stereocenters. The van der Waals surface area contributed by atoms with Crippen molar-refractivity contribution in [2.45, 2.75) is 43.2 Å². The van der Waals surface area contributed by atoms with Crippen molar-refractivity contribution < 1.29 is 4.74 Å². The number of benzene rings is 1. The van der Waals surface area contributed by atoms with Gasteiger partial charge in [0.1, 0.15) is 0 Å². The molecule has 0 radical (unpaired) electrons. The van der Waals surface area contributed by atoms with Crippen molar-refractivity contribution in [1.29, 1.82) is 0 Å². The lowest BCUT2D eigenvalue weighted by Gasteiger charge is -2.29. The smallest absolute Gasteiger partial charge is 0.0476 e. The van der Waals surface area contributed by atoms with Crippen molar-refractivity contribution in [1.82, 2.24) is 5.32 Å². The van der Waals surface area contributed by atoms with Gasteiger partial charge in [0.2, 0.25) is 0 Å². The molecule has 0 aromatic heterocycles. The van der Waals surface area contributed by atoms with E-state index in [2.05, 4.69) is 62.2 Å². The van der Waals surface area contributed by atoms with E-state index in [0.29, 0.717) is 11.3 Å². The van der Waals surface area contributed by atoms with Gasteiger partial charge in [-0.25, -0.2) is 0 Å². The molecule has 2 nitrogen and oxygen atoms in total. The van der Waals surface area contributed by atoms with Crippen LogP contribution in [0.5, 0.6) is 0 Å². The van der Waals surface area contributed by atoms with Gasteiger partial charge in [-0.3, -0.25) is 0 Å². The molecule has 0 bridgehead atoms. The molecule has 0 aliphatic carbocycles. The van der Waals surface area contributed by atoms with Gasteiger partial charge in [-0.15, -0.1) is 0 Å². The Bertz CT molecular complexity index is 373. The normalized spacial score (nSPS) is 20.2. The van der Waals surface area contributed by atoms with Crippen LogP contribution in [0.1, 0.15) is 36.9 Å². The molecule has 1 saturated heterocycles. The third kappa shape index (κ3) is 4.23. The minimum atomic E-state index is 0.424. The van der Waals surface area contributed by atoms with Gasteiger partial charge in [0.25, 0.3) is 0 Å². The van der Waals surface area contributed by atoms with Crippen LogP contribution in [0.25, 0.3) is 0 Å². The van der Waals surface area contributed by atoms with Crippen LogP contribution in [-0.4, -0.2) is 30.8 Å². The fraction of sp³-hybridized carbons (Fsp3) is 0.625. The first-order valence-electron chi connectivity index (χ1n) is 7.17. The molecule has 1 aliphatic rings. The molecule has 3 heteroatoms. The highest BCUT2D eigenvalue weighted by Crippen LogP contribution is 2.33. The first-order valence-corrected chi connectivity index (χ1v) is 8.12. The SMILES string of the molecule is CNC(c1ccc(C)cc1)C(C)SC1CCOCC1. The topological polar surface area (TPSA) is 21.3 Å². The molecule has 1 N–H and O–H groups in total. The average molecular weight is 279 g/mol. The second-order valence-electron chi connectivity index (χ2n) is 5.33. The zero-order valence-electron chi connectivity index (χ0n) is 12.2. The highest BCUT2D eigenvalue weighted by molar-refractivity contribution is 8.00. The molecule has 1 heterocycles. The molecule has 2 unspecified atom stereocenters. The standard InChI is InChI=1S/C16H25NOS/c1-12-4-6-14(7-5-12)16(17-3)13(2)19-15-8-10-18-11-9-15/h4-7,13,15-17H,8-11H2,1-3H3. The maximum absolute atomic E-state index is 5.44. The Morgan fingerprint density at radius 2 is 1.84 bits per heavy atom. The summed E-state index contributed by atoms with van der Waals surface area (Å²) in [4.78, 5) is 0. The number of rotatable bonds is 5. The summed E-state index contributed by atoms with van der Waals surface area (Å²) in [5, 5.41) is 4.81. The van der Waals surface area contributed by atoms with E-state index in [9.17, 15) is 0 Å². The van der Waals surface area contributed by atoms with Gasteiger partial charge in [-0.2, -0.15) is 11.8 Å². The number of ether oxygens (including phenoxy) is 1. The van der Waals surface area contributed by atoms with Gasteiger partial charge in [0.05, 0.1) is 0 Å². The van der Waals surface area contributed by atoms with E-state index < -0.39 is 0 Å². The number of aryl methyl sites for hydroxylation is 1. The van der Waals surface area contributed by atoms with Gasteiger partial charge in [-0.1, -0.05) is 36.8 Å². The third-order valence-electron chi connectivity index (χ3n) is 3.79. The van der Waals surface area contributed by atoms with Crippen molar-refractivity contribution in [2.24, 2.45) is 0 Å². The molecule has 1 fully saturated rings. The lowest BCUT2D eigenvalue weighted by Crippen LogP contribution is -2.28. The summed E-state index contributed by atoms with van der Waals surface area (Å²) in [6.45, 7) is 6.33. The summed E-state index contributed by atoms with van der Waals surface area (Å²) in [6.07, 6.45) is 2.39. The van der Waals surface area contributed by atoms with E-state index in [-0.39, 0.29) is 0 Å². The monoisotopic (exact) mass is 279 g/mol. The van der Waals surface area contributed by atoms with Crippen molar-refractivity contribution in [2.75, 3.05) is 20.3 Å². The van der Waals surface area contributed by atoms with Gasteiger partial charge < -0.3 is 10.1 Å². The number of thioether (sulfide) groups is 1. The fourth-order valence-corrected chi connectivity index (χ4v) is 4.16. The molecule has 1 aliphatic heterocycles. The van der Waals surface area contributed by atoms with E-state index in [1.165, 1.54) is 24.0 Å². The summed E-state index contributed by atoms with van der Waals surface area (Å²) in [7, 11) is 2.06. The van der Waals surface area contributed by atoms with Crippen LogP contribution >= 0.6 is 11.8 Å². The van der Waals surface area contributed by atoms with Crippen molar-refractivity contribution in [3.63, 3.8) is 0 Å². The summed E-state index contributed by atoms with van der Waals surface area (Å²) in [5.41, 5.74) is 2.71. The van der Waals surface area contributed by atoms with Crippen molar-refractivity contribution in [3.8, 4) is 0 Å². The summed E-state index contributed by atoms with van der Waals surface area (Å²) < 4.78 is 5.44. The van der Waals surface area contributed by atoms with Gasteiger partial charge in [0, 0.05) is 29.8 Å². The molecule has 106 valence electrons. The second-order valence-corrected chi connectivity index (χ2v) is 7.01. The van der Waals surface area contributed by atoms with E-state index in [0.717, 1.165) is 18.5 Å². The Balaban J connectivity index is 1.97. The van der Waals surface area contributed by atoms with E-state index in [4.69, 9.17) is 4.74 Å². The maximum atomic E-state index is 5.44. The first-order chi connectivity index (χ1) is 9.20. The quantitative estimate of drug-likeness (QED) is 0.890. The Morgan fingerprint density at radius 3 is 2.42 bits per heavy atom. The Labute approximate surface area is 121 Å². The predicted octanol–water partition coefficient (Wildman–Crippen LogP) is 3.56. The van der Waals surface area contributed by atoms with Gasteiger partial charge >= 0.3 is 0 Å². The summed E-state index contributed by atoms with van der Waals surface area (Å²) in [5.74, 6) is 0. The minimum absolute atomic E-state index is 0.424. The Morgan fingerprint density at radius 1 is 1.21 bits per heavy atom. The first kappa shape index (κ1) is 14.9. The third-order valence-corrected chi connectivity index (χ3v) is 5.35. The summed E-state index contributed by atoms with van der Waals surface area (Å²) >= 11 is 2.11. The van der Waals surface area contributed by atoms with Crippen LogP contribution in [0.15, 0.2) is 24.3 Å². The second kappa shape index (κ2) is 7.32. The molecular formula is C16H25NOS. The molecular weight excluding hydrogens is 254 g/mol. The molecule has 19 heavy (non-hydrogen) atoms. The maximum Gasteiger partial charge on any atom is 0.0476 e. The van der Waals surface area contributed by atoms with Crippen LogP contribution < -0.4 is 5.32 Å². The zero-order chi connectivity index (χ0) is 13.7. The number of hydrogen-bond acceptors (Lipinski definition) is 3. The number of hydrogen-bond donors (Lipinski definition) is 1. The summed E-state index contributed by atoms with van der Waals surface area (Å²) in [6, 6.07) is 9.32. The van der Waals surface area contributed by atoms with Crippen LogP contribution in [-0.2, 0) is 4.74 Å². The van der Waals surface area contributed by atoms with Gasteiger partial charge in [0.15, 0.2) is 0 Å². The van der Waals surface area contributed by atoms with Crippen LogP contribution in [0.2, 0.25) is 0 Å². The Kier molecular flexibility index (Phi) is 5.74. The molecule has 2 rings (SSSR count). The molecule has 0 saturated carbocycles. The lowest BCUT2D eigenvalue weighted by molar-refractivity contribution is 0.0999. The highest BCUT2D eigenvalue weighted by atomic mass is 32.2. The van der Waals surface area contributed by atoms with Crippen LogP contribution in [0.3, 0.4) is 0 Å². The van der Waals surface area contributed by atoms with Gasteiger partial charge in [-0.05, 0) is 32.4 Å². The lowest BCUT2D eigenvalue weighted by atomic mass is 10.0. The number of nitrogens with one attached hydrogen (secondary N) is 1.